The van der Waals surface area contributed by atoms with Crippen LogP contribution in [-0.2, 0) is 6.42 Å². The van der Waals surface area contributed by atoms with Crippen molar-refractivity contribution in [3.8, 4) is 27.9 Å². The highest BCUT2D eigenvalue weighted by molar-refractivity contribution is 6.09. The van der Waals surface area contributed by atoms with Crippen molar-refractivity contribution >= 4 is 21.8 Å². The van der Waals surface area contributed by atoms with Crippen molar-refractivity contribution in [3.05, 3.63) is 126 Å². The molecular weight excluding hydrogens is 434 g/mol. The molecule has 1 heteroatoms. The molecule has 0 bridgehead atoms. The lowest BCUT2D eigenvalue weighted by atomic mass is 9.93. The number of para-hydroxylation sites is 2. The summed E-state index contributed by atoms with van der Waals surface area (Å²) in [5.74, 6) is 0.593. The Morgan fingerprint density at radius 3 is 1.89 bits per heavy atom. The molecule has 1 aliphatic carbocycles. The van der Waals surface area contributed by atoms with E-state index in [4.69, 9.17) is 0 Å². The van der Waals surface area contributed by atoms with Gasteiger partial charge < -0.3 is 4.57 Å². The van der Waals surface area contributed by atoms with Crippen LogP contribution in [0.25, 0.3) is 49.7 Å². The Morgan fingerprint density at radius 1 is 0.639 bits per heavy atom. The second-order valence-corrected chi connectivity index (χ2v) is 10.2. The van der Waals surface area contributed by atoms with Crippen LogP contribution < -0.4 is 0 Å². The van der Waals surface area contributed by atoms with E-state index >= 15 is 0 Å². The molecule has 0 fully saturated rings. The number of aromatic nitrogens is 1. The predicted octanol–water partition coefficient (Wildman–Crippen LogP) is 9.54. The third kappa shape index (κ3) is 3.23. The molecule has 0 radical (unpaired) electrons. The van der Waals surface area contributed by atoms with Gasteiger partial charge in [0.05, 0.1) is 11.0 Å². The maximum atomic E-state index is 2.43. The van der Waals surface area contributed by atoms with Gasteiger partial charge in [-0.05, 0) is 88.0 Å². The average Bonchev–Trinajstić information content (AvgIpc) is 3.47. The minimum Gasteiger partial charge on any atom is -0.309 e. The van der Waals surface area contributed by atoms with E-state index in [-0.39, 0.29) is 0 Å². The molecule has 1 aliphatic rings. The Labute approximate surface area is 212 Å². The minimum absolute atomic E-state index is 0.593. The highest BCUT2D eigenvalue weighted by atomic mass is 15.0. The lowest BCUT2D eigenvalue weighted by Gasteiger charge is -2.12. The Kier molecular flexibility index (Phi) is 4.85. The predicted molar refractivity (Wildman–Crippen MR) is 153 cm³/mol. The van der Waals surface area contributed by atoms with Gasteiger partial charge in [0.15, 0.2) is 0 Å². The number of rotatable bonds is 4. The summed E-state index contributed by atoms with van der Waals surface area (Å²) in [7, 11) is 0. The first-order chi connectivity index (χ1) is 17.7. The fraction of sp³-hybridized carbons (Fsp3) is 0.143. The maximum absolute atomic E-state index is 2.43. The smallest absolute Gasteiger partial charge is 0.0541 e. The molecule has 1 unspecified atom stereocenters. The van der Waals surface area contributed by atoms with Crippen molar-refractivity contribution in [3.63, 3.8) is 0 Å². The first-order valence-electron chi connectivity index (χ1n) is 13.1. The topological polar surface area (TPSA) is 4.93 Å². The van der Waals surface area contributed by atoms with Gasteiger partial charge in [0, 0.05) is 16.5 Å². The lowest BCUT2D eigenvalue weighted by molar-refractivity contribution is 0.733. The quantitative estimate of drug-likeness (QED) is 0.245. The number of hydrogen-bond donors (Lipinski definition) is 0. The minimum atomic E-state index is 0.593. The lowest BCUT2D eigenvalue weighted by Crippen LogP contribution is -1.93. The molecule has 1 aromatic heterocycles. The van der Waals surface area contributed by atoms with E-state index in [0.29, 0.717) is 5.92 Å². The highest BCUT2D eigenvalue weighted by Gasteiger charge is 2.20. The summed E-state index contributed by atoms with van der Waals surface area (Å²) in [6.07, 6.45) is 2.21. The van der Waals surface area contributed by atoms with E-state index in [1.807, 2.05) is 0 Å². The molecule has 0 saturated carbocycles. The molecule has 0 N–H and O–H groups in total. The maximum Gasteiger partial charge on any atom is 0.0541 e. The van der Waals surface area contributed by atoms with Crippen molar-refractivity contribution in [1.82, 2.24) is 4.57 Å². The van der Waals surface area contributed by atoms with Crippen molar-refractivity contribution in [2.24, 2.45) is 0 Å². The summed E-state index contributed by atoms with van der Waals surface area (Å²) in [6, 6.07) is 40.6. The molecule has 7 rings (SSSR count). The van der Waals surface area contributed by atoms with Gasteiger partial charge in [-0.1, -0.05) is 92.7 Å². The third-order valence-electron chi connectivity index (χ3n) is 8.14. The fourth-order valence-corrected chi connectivity index (χ4v) is 5.91. The van der Waals surface area contributed by atoms with Crippen LogP contribution in [0.15, 0.2) is 109 Å². The largest absolute Gasteiger partial charge is 0.309 e. The van der Waals surface area contributed by atoms with Crippen molar-refractivity contribution in [2.75, 3.05) is 0 Å². The van der Waals surface area contributed by atoms with E-state index in [9.17, 15) is 0 Å². The van der Waals surface area contributed by atoms with Crippen molar-refractivity contribution in [2.45, 2.75) is 32.6 Å². The zero-order valence-electron chi connectivity index (χ0n) is 20.8. The van der Waals surface area contributed by atoms with Crippen molar-refractivity contribution in [1.29, 1.82) is 0 Å². The van der Waals surface area contributed by atoms with Crippen LogP contribution in [0.4, 0.5) is 0 Å². The summed E-state index contributed by atoms with van der Waals surface area (Å²) >= 11 is 0. The molecule has 174 valence electrons. The summed E-state index contributed by atoms with van der Waals surface area (Å²) in [6.45, 7) is 4.60. The third-order valence-corrected chi connectivity index (χ3v) is 8.14. The molecule has 36 heavy (non-hydrogen) atoms. The van der Waals surface area contributed by atoms with Crippen molar-refractivity contribution < 1.29 is 0 Å². The SMILES string of the molecule is CCC(C)c1ccc2c(c1)-c1cc(-c3ccc(-n4c5ccccc5c5ccccc54)cc3)ccc1C2. The van der Waals surface area contributed by atoms with E-state index in [0.717, 1.165) is 6.42 Å². The van der Waals surface area contributed by atoms with Crippen LogP contribution in [-0.4, -0.2) is 4.57 Å². The van der Waals surface area contributed by atoms with Gasteiger partial charge in [0.2, 0.25) is 0 Å². The van der Waals surface area contributed by atoms with E-state index in [1.165, 1.54) is 72.9 Å². The standard InChI is InChI=1S/C35H29N/c1-3-23(2)25-12-14-27-20-28-15-13-26(22-33(28)32(27)21-25)24-16-18-29(19-17-24)36-34-10-6-4-8-30(34)31-9-5-7-11-35(31)36/h4-19,21-23H,3,20H2,1-2H3. The number of fused-ring (bicyclic) bond motifs is 6. The molecule has 6 aromatic rings. The molecular formula is C35H29N. The molecule has 0 spiro atoms. The van der Waals surface area contributed by atoms with E-state index in [2.05, 4.69) is 128 Å². The van der Waals surface area contributed by atoms with Gasteiger partial charge in [0.25, 0.3) is 0 Å². The van der Waals surface area contributed by atoms with Crippen LogP contribution in [0.3, 0.4) is 0 Å². The summed E-state index contributed by atoms with van der Waals surface area (Å²) in [4.78, 5) is 0. The molecule has 0 aliphatic heterocycles. The van der Waals surface area contributed by atoms with Crippen LogP contribution in [0, 0.1) is 0 Å². The zero-order valence-corrected chi connectivity index (χ0v) is 20.8. The first-order valence-corrected chi connectivity index (χ1v) is 13.1. The molecule has 1 heterocycles. The number of benzene rings is 5. The second-order valence-electron chi connectivity index (χ2n) is 10.2. The summed E-state index contributed by atoms with van der Waals surface area (Å²) in [5.41, 5.74) is 13.4. The average molecular weight is 464 g/mol. The van der Waals surface area contributed by atoms with Gasteiger partial charge in [-0.2, -0.15) is 0 Å². The molecule has 1 atom stereocenters. The highest BCUT2D eigenvalue weighted by Crippen LogP contribution is 2.41. The van der Waals surface area contributed by atoms with E-state index in [1.54, 1.807) is 0 Å². The Balaban J connectivity index is 1.29. The normalized spacial score (nSPS) is 13.2. The molecule has 0 amide bonds. The number of nitrogens with zero attached hydrogens (tertiary/aromatic N) is 1. The molecule has 5 aromatic carbocycles. The van der Waals surface area contributed by atoms with Crippen LogP contribution in [0.1, 0.15) is 42.9 Å². The first kappa shape index (κ1) is 21.2. The monoisotopic (exact) mass is 463 g/mol. The fourth-order valence-electron chi connectivity index (χ4n) is 5.91. The van der Waals surface area contributed by atoms with E-state index < -0.39 is 0 Å². The van der Waals surface area contributed by atoms with Gasteiger partial charge in [0.1, 0.15) is 0 Å². The van der Waals surface area contributed by atoms with Gasteiger partial charge >= 0.3 is 0 Å². The zero-order chi connectivity index (χ0) is 24.2. The van der Waals surface area contributed by atoms with Gasteiger partial charge in [-0.15, -0.1) is 0 Å². The number of hydrogen-bond acceptors (Lipinski definition) is 0. The molecule has 0 saturated heterocycles. The summed E-state index contributed by atoms with van der Waals surface area (Å²) < 4.78 is 2.38. The van der Waals surface area contributed by atoms with Gasteiger partial charge in [-0.3, -0.25) is 0 Å². The van der Waals surface area contributed by atoms with Crippen LogP contribution >= 0.6 is 0 Å². The molecule has 1 nitrogen and oxygen atoms in total. The Hall–Kier alpha value is -4.10. The summed E-state index contributed by atoms with van der Waals surface area (Å²) in [5, 5.41) is 2.59. The van der Waals surface area contributed by atoms with Gasteiger partial charge in [-0.25, -0.2) is 0 Å². The van der Waals surface area contributed by atoms with Crippen LogP contribution in [0.5, 0.6) is 0 Å². The Morgan fingerprint density at radius 2 is 1.22 bits per heavy atom. The van der Waals surface area contributed by atoms with Crippen LogP contribution in [0.2, 0.25) is 0 Å². The second kappa shape index (κ2) is 8.24. The Bertz CT molecular complexity index is 1700.